The second kappa shape index (κ2) is 2.97. The molecule has 68 valence electrons. The van der Waals surface area contributed by atoms with Gasteiger partial charge in [0.15, 0.2) is 0 Å². The van der Waals surface area contributed by atoms with Crippen LogP contribution < -0.4 is 5.73 Å². The maximum Gasteiger partial charge on any atom is 0.141 e. The monoisotopic (exact) mass is 197 g/mol. The van der Waals surface area contributed by atoms with Crippen LogP contribution in [0, 0.1) is 5.82 Å². The first-order chi connectivity index (χ1) is 6.22. The van der Waals surface area contributed by atoms with Crippen LogP contribution in [-0.4, -0.2) is 5.11 Å². The van der Waals surface area contributed by atoms with Crippen molar-refractivity contribution >= 4 is 27.1 Å². The van der Waals surface area contributed by atoms with E-state index in [2.05, 4.69) is 0 Å². The summed E-state index contributed by atoms with van der Waals surface area (Å²) in [6.07, 6.45) is 0. The predicted octanol–water partition coefficient (Wildman–Crippen LogP) is 2.11. The van der Waals surface area contributed by atoms with E-state index in [9.17, 15) is 4.39 Å². The zero-order valence-electron chi connectivity index (χ0n) is 6.75. The highest BCUT2D eigenvalue weighted by Crippen LogP contribution is 2.31. The first-order valence-corrected chi connectivity index (χ1v) is 4.66. The van der Waals surface area contributed by atoms with E-state index in [4.69, 9.17) is 10.8 Å². The Labute approximate surface area is 78.4 Å². The summed E-state index contributed by atoms with van der Waals surface area (Å²) in [6.45, 7) is -0.165. The lowest BCUT2D eigenvalue weighted by molar-refractivity contribution is 0.281. The molecule has 1 aromatic carbocycles. The molecule has 1 aromatic heterocycles. The van der Waals surface area contributed by atoms with Gasteiger partial charge < -0.3 is 10.8 Å². The molecule has 0 aliphatic carbocycles. The van der Waals surface area contributed by atoms with Crippen molar-refractivity contribution in [3.05, 3.63) is 28.9 Å². The average molecular weight is 197 g/mol. The molecule has 0 saturated carbocycles. The van der Waals surface area contributed by atoms with Gasteiger partial charge in [-0.05, 0) is 17.7 Å². The highest BCUT2D eigenvalue weighted by Gasteiger charge is 2.07. The summed E-state index contributed by atoms with van der Waals surface area (Å²) in [5.41, 5.74) is 6.75. The largest absolute Gasteiger partial charge is 0.398 e. The molecule has 0 spiro atoms. The predicted molar refractivity (Wildman–Crippen MR) is 52.1 cm³/mol. The molecule has 0 unspecified atom stereocenters. The van der Waals surface area contributed by atoms with Crippen molar-refractivity contribution in [2.45, 2.75) is 6.61 Å². The van der Waals surface area contributed by atoms with Gasteiger partial charge in [0.2, 0.25) is 0 Å². The summed E-state index contributed by atoms with van der Waals surface area (Å²) in [6, 6.07) is 3.04. The van der Waals surface area contributed by atoms with Crippen LogP contribution in [0.25, 0.3) is 10.1 Å². The molecule has 0 saturated heterocycles. The maximum absolute atomic E-state index is 13.3. The zero-order chi connectivity index (χ0) is 9.42. The molecule has 13 heavy (non-hydrogen) atoms. The lowest BCUT2D eigenvalue weighted by Gasteiger charge is -1.98. The Morgan fingerprint density at radius 1 is 1.46 bits per heavy atom. The fourth-order valence-electron chi connectivity index (χ4n) is 1.26. The van der Waals surface area contributed by atoms with Crippen molar-refractivity contribution in [2.24, 2.45) is 0 Å². The van der Waals surface area contributed by atoms with E-state index < -0.39 is 0 Å². The summed E-state index contributed by atoms with van der Waals surface area (Å²) in [5, 5.41) is 11.2. The van der Waals surface area contributed by atoms with Crippen LogP contribution >= 0.6 is 11.3 Å². The average Bonchev–Trinajstić information content (AvgIpc) is 2.48. The van der Waals surface area contributed by atoms with Gasteiger partial charge in [0.05, 0.1) is 17.0 Å². The van der Waals surface area contributed by atoms with Crippen LogP contribution in [0.3, 0.4) is 0 Å². The van der Waals surface area contributed by atoms with Crippen LogP contribution in [0.1, 0.15) is 5.56 Å². The van der Waals surface area contributed by atoms with Crippen LogP contribution in [0.2, 0.25) is 0 Å². The number of rotatable bonds is 1. The van der Waals surface area contributed by atoms with Gasteiger partial charge in [-0.1, -0.05) is 0 Å². The van der Waals surface area contributed by atoms with E-state index in [1.54, 1.807) is 11.4 Å². The minimum absolute atomic E-state index is 0.165. The molecular weight excluding hydrogens is 189 g/mol. The van der Waals surface area contributed by atoms with Crippen molar-refractivity contribution in [1.29, 1.82) is 0 Å². The highest BCUT2D eigenvalue weighted by molar-refractivity contribution is 7.17. The SMILES string of the molecule is Nc1csc2c(F)cc(CO)cc12. The van der Waals surface area contributed by atoms with Crippen LogP contribution in [0.4, 0.5) is 10.1 Å². The molecule has 2 nitrogen and oxygen atoms in total. The molecule has 4 heteroatoms. The van der Waals surface area contributed by atoms with Crippen LogP contribution in [-0.2, 0) is 6.61 Å². The quantitative estimate of drug-likeness (QED) is 0.735. The van der Waals surface area contributed by atoms with Crippen molar-refractivity contribution in [3.8, 4) is 0 Å². The standard InChI is InChI=1S/C9H8FNOS/c10-7-2-5(3-12)1-6-8(11)4-13-9(6)7/h1-2,4,12H,3,11H2. The number of fused-ring (bicyclic) bond motifs is 1. The third-order valence-corrected chi connectivity index (χ3v) is 2.92. The van der Waals surface area contributed by atoms with E-state index >= 15 is 0 Å². The molecule has 0 bridgehead atoms. The van der Waals surface area contributed by atoms with Gasteiger partial charge in [0, 0.05) is 10.8 Å². The fraction of sp³-hybridized carbons (Fsp3) is 0.111. The first-order valence-electron chi connectivity index (χ1n) is 3.78. The third kappa shape index (κ3) is 1.28. The Hall–Kier alpha value is -1.13. The maximum atomic E-state index is 13.3. The van der Waals surface area contributed by atoms with Crippen LogP contribution in [0.5, 0.6) is 0 Å². The molecule has 0 amide bonds. The Bertz CT molecular complexity index is 452. The van der Waals surface area contributed by atoms with E-state index in [-0.39, 0.29) is 12.4 Å². The van der Waals surface area contributed by atoms with Crippen LogP contribution in [0.15, 0.2) is 17.5 Å². The van der Waals surface area contributed by atoms with Crippen molar-refractivity contribution in [3.63, 3.8) is 0 Å². The number of nitrogens with two attached hydrogens (primary N) is 1. The molecular formula is C9H8FNOS. The summed E-state index contributed by atoms with van der Waals surface area (Å²) >= 11 is 1.28. The molecule has 0 fully saturated rings. The lowest BCUT2D eigenvalue weighted by atomic mass is 10.1. The second-order valence-corrected chi connectivity index (χ2v) is 3.68. The van der Waals surface area contributed by atoms with Crippen molar-refractivity contribution in [1.82, 2.24) is 0 Å². The molecule has 0 radical (unpaired) electrons. The minimum atomic E-state index is -0.316. The van der Waals surface area contributed by atoms with Crippen molar-refractivity contribution in [2.75, 3.05) is 5.73 Å². The van der Waals surface area contributed by atoms with E-state index in [1.165, 1.54) is 17.4 Å². The van der Waals surface area contributed by atoms with Gasteiger partial charge in [-0.2, -0.15) is 0 Å². The number of nitrogen functional groups attached to an aromatic ring is 1. The fourth-order valence-corrected chi connectivity index (χ4v) is 2.11. The Balaban J connectivity index is 2.80. The van der Waals surface area contributed by atoms with Gasteiger partial charge in [0.1, 0.15) is 5.82 Å². The number of halogens is 1. The molecule has 2 aromatic rings. The molecule has 3 N–H and O–H groups in total. The Morgan fingerprint density at radius 3 is 2.92 bits per heavy atom. The number of benzene rings is 1. The molecule has 0 aliphatic heterocycles. The number of hydrogen-bond acceptors (Lipinski definition) is 3. The topological polar surface area (TPSA) is 46.2 Å². The smallest absolute Gasteiger partial charge is 0.141 e. The van der Waals surface area contributed by atoms with E-state index in [1.807, 2.05) is 0 Å². The van der Waals surface area contributed by atoms with Gasteiger partial charge in [-0.25, -0.2) is 4.39 Å². The highest BCUT2D eigenvalue weighted by atomic mass is 32.1. The van der Waals surface area contributed by atoms with Crippen molar-refractivity contribution < 1.29 is 9.50 Å². The number of aliphatic hydroxyl groups is 1. The molecule has 0 aliphatic rings. The van der Waals surface area contributed by atoms with Gasteiger partial charge in [0.25, 0.3) is 0 Å². The number of aliphatic hydroxyl groups excluding tert-OH is 1. The number of thiophene rings is 1. The van der Waals surface area contributed by atoms with E-state index in [0.29, 0.717) is 21.3 Å². The summed E-state index contributed by atoms with van der Waals surface area (Å²) in [4.78, 5) is 0. The summed E-state index contributed by atoms with van der Waals surface area (Å²) in [5.74, 6) is -0.316. The first kappa shape index (κ1) is 8.47. The zero-order valence-corrected chi connectivity index (χ0v) is 7.57. The summed E-state index contributed by atoms with van der Waals surface area (Å²) in [7, 11) is 0. The third-order valence-electron chi connectivity index (χ3n) is 1.90. The number of anilines is 1. The normalized spacial score (nSPS) is 10.9. The minimum Gasteiger partial charge on any atom is -0.398 e. The van der Waals surface area contributed by atoms with Gasteiger partial charge in [-0.15, -0.1) is 11.3 Å². The van der Waals surface area contributed by atoms with E-state index in [0.717, 1.165) is 0 Å². The molecule has 1 heterocycles. The lowest BCUT2D eigenvalue weighted by Crippen LogP contribution is -1.87. The van der Waals surface area contributed by atoms with Gasteiger partial charge >= 0.3 is 0 Å². The second-order valence-electron chi connectivity index (χ2n) is 2.80. The Kier molecular flexibility index (Phi) is 1.94. The Morgan fingerprint density at radius 2 is 2.23 bits per heavy atom. The molecule has 0 atom stereocenters. The summed E-state index contributed by atoms with van der Waals surface area (Å²) < 4.78 is 13.8. The van der Waals surface area contributed by atoms with Gasteiger partial charge in [-0.3, -0.25) is 0 Å². The molecule has 2 rings (SSSR count). The number of hydrogen-bond donors (Lipinski definition) is 2.